The summed E-state index contributed by atoms with van der Waals surface area (Å²) in [6, 6.07) is 27.6. The molecule has 0 heterocycles. The first kappa shape index (κ1) is 19.9. The Morgan fingerprint density at radius 2 is 1.39 bits per heavy atom. The van der Waals surface area contributed by atoms with Crippen molar-refractivity contribution in [3.63, 3.8) is 0 Å². The lowest BCUT2D eigenvalue weighted by Gasteiger charge is -2.17. The van der Waals surface area contributed by atoms with E-state index in [1.807, 2.05) is 60.7 Å². The van der Waals surface area contributed by atoms with Crippen molar-refractivity contribution in [2.24, 2.45) is 0 Å². The molecule has 3 aromatic carbocycles. The summed E-state index contributed by atoms with van der Waals surface area (Å²) in [5.74, 6) is -0.0119. The lowest BCUT2D eigenvalue weighted by atomic mass is 9.99. The molecule has 0 radical (unpaired) electrons. The number of hydrogen-bond donors (Lipinski definition) is 0. The van der Waals surface area contributed by atoms with Crippen molar-refractivity contribution in [3.8, 4) is 11.1 Å². The van der Waals surface area contributed by atoms with Crippen LogP contribution in [-0.2, 0) is 9.53 Å². The predicted octanol–water partition coefficient (Wildman–Crippen LogP) is 5.57. The van der Waals surface area contributed by atoms with Crippen molar-refractivity contribution in [3.05, 3.63) is 96.1 Å². The fourth-order valence-electron chi connectivity index (χ4n) is 2.93. The number of Topliss-reactive ketones (excluding diaryl/α,β-unsaturated/α-hetero) is 1. The van der Waals surface area contributed by atoms with Gasteiger partial charge in [-0.2, -0.15) is 0 Å². The van der Waals surface area contributed by atoms with Crippen molar-refractivity contribution in [1.29, 1.82) is 0 Å². The van der Waals surface area contributed by atoms with Gasteiger partial charge in [0.2, 0.25) is 0 Å². The molecule has 0 aliphatic carbocycles. The van der Waals surface area contributed by atoms with E-state index in [9.17, 15) is 9.59 Å². The lowest BCUT2D eigenvalue weighted by Crippen LogP contribution is -2.09. The van der Waals surface area contributed by atoms with Crippen LogP contribution in [0.25, 0.3) is 11.1 Å². The Labute approximate surface area is 169 Å². The lowest BCUT2D eigenvalue weighted by molar-refractivity contribution is -0.137. The number of carbonyl (C=O) groups excluding carboxylic acids is 2. The summed E-state index contributed by atoms with van der Waals surface area (Å²) < 4.78 is 4.76. The summed E-state index contributed by atoms with van der Waals surface area (Å²) in [7, 11) is 1.38. The highest BCUT2D eigenvalue weighted by molar-refractivity contribution is 8.00. The molecule has 3 nitrogen and oxygen atoms in total. The van der Waals surface area contributed by atoms with Gasteiger partial charge < -0.3 is 4.74 Å². The largest absolute Gasteiger partial charge is 0.468 e. The maximum Gasteiger partial charge on any atom is 0.315 e. The van der Waals surface area contributed by atoms with Gasteiger partial charge >= 0.3 is 5.97 Å². The molecule has 0 bridgehead atoms. The van der Waals surface area contributed by atoms with Gasteiger partial charge in [-0.05, 0) is 16.7 Å². The number of benzene rings is 3. The van der Waals surface area contributed by atoms with E-state index in [4.69, 9.17) is 4.74 Å². The van der Waals surface area contributed by atoms with Crippen LogP contribution in [0.15, 0.2) is 84.9 Å². The standard InChI is InChI=1S/C24H22O3S/c1-27-24(26)17-28-23(16-22(25)20-10-6-3-7-11-20)21-14-12-19(13-15-21)18-8-4-2-5-9-18/h2-15,23H,16-17H2,1H3/t23-/m1/s1. The third-order valence-corrected chi connectivity index (χ3v) is 5.73. The Morgan fingerprint density at radius 3 is 2.00 bits per heavy atom. The van der Waals surface area contributed by atoms with E-state index in [1.165, 1.54) is 18.9 Å². The zero-order chi connectivity index (χ0) is 19.8. The fourth-order valence-corrected chi connectivity index (χ4v) is 4.01. The molecule has 0 N–H and O–H groups in total. The van der Waals surface area contributed by atoms with Crippen molar-refractivity contribution in [2.75, 3.05) is 12.9 Å². The highest BCUT2D eigenvalue weighted by Crippen LogP contribution is 2.34. The SMILES string of the molecule is COC(=O)CS[C@H](CC(=O)c1ccccc1)c1ccc(-c2ccccc2)cc1. The first-order chi connectivity index (χ1) is 13.7. The van der Waals surface area contributed by atoms with Crippen molar-refractivity contribution in [1.82, 2.24) is 0 Å². The first-order valence-corrected chi connectivity index (χ1v) is 10.1. The Bertz CT molecular complexity index is 906. The van der Waals surface area contributed by atoms with Crippen molar-refractivity contribution < 1.29 is 14.3 Å². The third-order valence-electron chi connectivity index (χ3n) is 4.49. The molecule has 0 aromatic heterocycles. The molecule has 0 amide bonds. The number of hydrogen-bond acceptors (Lipinski definition) is 4. The quantitative estimate of drug-likeness (QED) is 0.372. The van der Waals surface area contributed by atoms with Crippen LogP contribution < -0.4 is 0 Å². The number of rotatable bonds is 8. The number of thioether (sulfide) groups is 1. The van der Waals surface area contributed by atoms with Crippen LogP contribution >= 0.6 is 11.8 Å². The van der Waals surface area contributed by atoms with Crippen LogP contribution in [0.1, 0.15) is 27.6 Å². The molecular weight excluding hydrogens is 368 g/mol. The smallest absolute Gasteiger partial charge is 0.315 e. The molecule has 4 heteroatoms. The second-order valence-corrected chi connectivity index (χ2v) is 7.55. The Hall–Kier alpha value is -2.85. The van der Waals surface area contributed by atoms with Crippen LogP contribution in [-0.4, -0.2) is 24.6 Å². The molecule has 0 saturated carbocycles. The Balaban J connectivity index is 1.79. The molecule has 142 valence electrons. The van der Waals surface area contributed by atoms with Crippen molar-refractivity contribution >= 4 is 23.5 Å². The van der Waals surface area contributed by atoms with Crippen molar-refractivity contribution in [2.45, 2.75) is 11.7 Å². The number of ether oxygens (including phenoxy) is 1. The molecule has 3 aromatic rings. The van der Waals surface area contributed by atoms with Crippen LogP contribution in [0.5, 0.6) is 0 Å². The van der Waals surface area contributed by atoms with Crippen LogP contribution in [0.2, 0.25) is 0 Å². The number of carbonyl (C=O) groups is 2. The van der Waals surface area contributed by atoms with Gasteiger partial charge in [-0.3, -0.25) is 9.59 Å². The average molecular weight is 391 g/mol. The Kier molecular flexibility index (Phi) is 7.04. The fraction of sp³-hybridized carbons (Fsp3) is 0.167. The van der Waals surface area contributed by atoms with Gasteiger partial charge in [0.05, 0.1) is 12.9 Å². The van der Waals surface area contributed by atoms with Gasteiger partial charge in [0.15, 0.2) is 5.78 Å². The molecule has 0 saturated heterocycles. The second kappa shape index (κ2) is 9.90. The topological polar surface area (TPSA) is 43.4 Å². The Morgan fingerprint density at radius 1 is 0.821 bits per heavy atom. The number of esters is 1. The first-order valence-electron chi connectivity index (χ1n) is 9.09. The maximum absolute atomic E-state index is 12.7. The van der Waals surface area contributed by atoms with E-state index in [2.05, 4.69) is 24.3 Å². The van der Waals surface area contributed by atoms with E-state index in [0.717, 1.165) is 16.7 Å². The second-order valence-electron chi connectivity index (χ2n) is 6.36. The molecule has 3 rings (SSSR count). The maximum atomic E-state index is 12.7. The average Bonchev–Trinajstić information content (AvgIpc) is 2.77. The third kappa shape index (κ3) is 5.33. The molecule has 0 fully saturated rings. The van der Waals surface area contributed by atoms with E-state index < -0.39 is 0 Å². The molecule has 0 unspecified atom stereocenters. The van der Waals surface area contributed by atoms with Gasteiger partial charge in [-0.15, -0.1) is 11.8 Å². The van der Waals surface area contributed by atoms with Crippen LogP contribution in [0, 0.1) is 0 Å². The van der Waals surface area contributed by atoms with Crippen LogP contribution in [0.3, 0.4) is 0 Å². The summed E-state index contributed by atoms with van der Waals surface area (Å²) in [6.45, 7) is 0. The highest BCUT2D eigenvalue weighted by Gasteiger charge is 2.19. The monoisotopic (exact) mass is 390 g/mol. The summed E-state index contributed by atoms with van der Waals surface area (Å²) in [6.07, 6.45) is 0.330. The minimum absolute atomic E-state index is 0.0649. The van der Waals surface area contributed by atoms with Gasteiger partial charge in [-0.1, -0.05) is 84.9 Å². The molecule has 1 atom stereocenters. The highest BCUT2D eigenvalue weighted by atomic mass is 32.2. The van der Waals surface area contributed by atoms with Gasteiger partial charge in [0.1, 0.15) is 0 Å². The number of ketones is 1. The van der Waals surface area contributed by atoms with E-state index in [1.54, 1.807) is 0 Å². The molecular formula is C24H22O3S. The minimum Gasteiger partial charge on any atom is -0.468 e. The zero-order valence-corrected chi connectivity index (χ0v) is 16.5. The van der Waals surface area contributed by atoms with E-state index in [-0.39, 0.29) is 22.8 Å². The summed E-state index contributed by atoms with van der Waals surface area (Å²) in [5.41, 5.74) is 3.98. The predicted molar refractivity (Wildman–Crippen MR) is 114 cm³/mol. The minimum atomic E-state index is -0.289. The van der Waals surface area contributed by atoms with Gasteiger partial charge in [0.25, 0.3) is 0 Å². The molecule has 28 heavy (non-hydrogen) atoms. The van der Waals surface area contributed by atoms with E-state index in [0.29, 0.717) is 12.0 Å². The van der Waals surface area contributed by atoms with Gasteiger partial charge in [0, 0.05) is 17.2 Å². The van der Waals surface area contributed by atoms with Gasteiger partial charge in [-0.25, -0.2) is 0 Å². The zero-order valence-electron chi connectivity index (χ0n) is 15.7. The van der Waals surface area contributed by atoms with E-state index >= 15 is 0 Å². The molecule has 0 spiro atoms. The number of methoxy groups -OCH3 is 1. The summed E-state index contributed by atoms with van der Waals surface area (Å²) in [4.78, 5) is 24.3. The normalized spacial score (nSPS) is 11.6. The van der Waals surface area contributed by atoms with Crippen LogP contribution in [0.4, 0.5) is 0 Å². The summed E-state index contributed by atoms with van der Waals surface area (Å²) >= 11 is 1.44. The molecule has 0 aliphatic heterocycles. The molecule has 0 aliphatic rings. The summed E-state index contributed by atoms with van der Waals surface area (Å²) in [5, 5.41) is -0.114.